The first-order chi connectivity index (χ1) is 6.80. The zero-order chi connectivity index (χ0) is 9.60. The molecule has 0 amide bonds. The number of pyridine rings is 1. The lowest BCUT2D eigenvalue weighted by Gasteiger charge is -2.08. The maximum absolute atomic E-state index is 10.9. The first kappa shape index (κ1) is 8.24. The third kappa shape index (κ3) is 1.12. The predicted molar refractivity (Wildman–Crippen MR) is 54.4 cm³/mol. The highest BCUT2D eigenvalue weighted by atomic mass is 16.1. The Morgan fingerprint density at radius 3 is 3.00 bits per heavy atom. The highest BCUT2D eigenvalue weighted by Crippen LogP contribution is 2.55. The number of hydrogen-bond acceptors (Lipinski definition) is 2. The Morgan fingerprint density at radius 1 is 1.43 bits per heavy atom. The van der Waals surface area contributed by atoms with Gasteiger partial charge in [-0.15, -0.1) is 0 Å². The average Bonchev–Trinajstić information content (AvgIpc) is 2.68. The fourth-order valence-electron chi connectivity index (χ4n) is 2.68. The fourth-order valence-corrected chi connectivity index (χ4v) is 2.68. The minimum atomic E-state index is -0.0113. The molecule has 0 bridgehead atoms. The van der Waals surface area contributed by atoms with Gasteiger partial charge in [-0.2, -0.15) is 0 Å². The highest BCUT2D eigenvalue weighted by Gasteiger charge is 2.55. The third-order valence-electron chi connectivity index (χ3n) is 3.56. The van der Waals surface area contributed by atoms with Gasteiger partial charge in [-0.25, -0.2) is 0 Å². The van der Waals surface area contributed by atoms with Gasteiger partial charge >= 0.3 is 0 Å². The largest absolute Gasteiger partial charge is 0.329 e. The summed E-state index contributed by atoms with van der Waals surface area (Å²) >= 11 is 0. The molecule has 1 saturated carbocycles. The minimum absolute atomic E-state index is 0.0113. The Kier molecular flexibility index (Phi) is 1.59. The summed E-state index contributed by atoms with van der Waals surface area (Å²) in [5, 5.41) is 3.58. The lowest BCUT2D eigenvalue weighted by atomic mass is 10.1. The molecule has 3 nitrogen and oxygen atoms in total. The van der Waals surface area contributed by atoms with Crippen LogP contribution in [0.25, 0.3) is 0 Å². The van der Waals surface area contributed by atoms with Gasteiger partial charge in [0.1, 0.15) is 0 Å². The van der Waals surface area contributed by atoms with Gasteiger partial charge in [0.15, 0.2) is 0 Å². The van der Waals surface area contributed by atoms with Crippen LogP contribution in [0.2, 0.25) is 0 Å². The van der Waals surface area contributed by atoms with E-state index in [4.69, 9.17) is 0 Å². The zero-order valence-corrected chi connectivity index (χ0v) is 8.05. The summed E-state index contributed by atoms with van der Waals surface area (Å²) in [7, 11) is 0. The van der Waals surface area contributed by atoms with E-state index in [9.17, 15) is 4.79 Å². The number of H-pyrrole nitrogens is 1. The van der Waals surface area contributed by atoms with E-state index in [0.29, 0.717) is 11.5 Å². The SMILES string of the molecule is O=c1ccc(C2CC23CCCN3)c[nH]1. The molecule has 1 saturated heterocycles. The van der Waals surface area contributed by atoms with Crippen LogP contribution < -0.4 is 10.9 Å². The van der Waals surface area contributed by atoms with E-state index in [1.807, 2.05) is 12.3 Å². The molecule has 0 aromatic carbocycles. The molecule has 2 atom stereocenters. The van der Waals surface area contributed by atoms with E-state index in [1.54, 1.807) is 6.07 Å². The van der Waals surface area contributed by atoms with Gasteiger partial charge in [0.25, 0.3) is 0 Å². The van der Waals surface area contributed by atoms with Gasteiger partial charge in [0.2, 0.25) is 5.56 Å². The number of nitrogens with one attached hydrogen (secondary N) is 2. The molecule has 74 valence electrons. The van der Waals surface area contributed by atoms with Gasteiger partial charge in [-0.3, -0.25) is 4.79 Å². The van der Waals surface area contributed by atoms with Crippen molar-refractivity contribution in [1.82, 2.24) is 10.3 Å². The molecule has 2 heterocycles. The molecule has 0 radical (unpaired) electrons. The molecule has 14 heavy (non-hydrogen) atoms. The summed E-state index contributed by atoms with van der Waals surface area (Å²) in [6, 6.07) is 3.58. The molecule has 1 aromatic heterocycles. The monoisotopic (exact) mass is 190 g/mol. The number of rotatable bonds is 1. The van der Waals surface area contributed by atoms with Crippen LogP contribution in [0.3, 0.4) is 0 Å². The minimum Gasteiger partial charge on any atom is -0.329 e. The Labute approximate surface area is 82.5 Å². The normalized spacial score (nSPS) is 35.0. The molecular formula is C11H14N2O. The van der Waals surface area contributed by atoms with Crippen molar-refractivity contribution in [2.24, 2.45) is 0 Å². The molecule has 1 aliphatic heterocycles. The van der Waals surface area contributed by atoms with Crippen LogP contribution >= 0.6 is 0 Å². The van der Waals surface area contributed by atoms with Gasteiger partial charge in [0, 0.05) is 23.7 Å². The first-order valence-electron chi connectivity index (χ1n) is 5.24. The smallest absolute Gasteiger partial charge is 0.247 e. The molecule has 1 aliphatic carbocycles. The van der Waals surface area contributed by atoms with Crippen molar-refractivity contribution >= 4 is 0 Å². The molecule has 1 spiro atoms. The lowest BCUT2D eigenvalue weighted by molar-refractivity contribution is 0.578. The van der Waals surface area contributed by atoms with Crippen molar-refractivity contribution in [3.8, 4) is 0 Å². The van der Waals surface area contributed by atoms with Gasteiger partial charge in [-0.05, 0) is 31.4 Å². The quantitative estimate of drug-likeness (QED) is 0.693. The van der Waals surface area contributed by atoms with Gasteiger partial charge in [-0.1, -0.05) is 6.07 Å². The molecule has 1 aromatic rings. The van der Waals surface area contributed by atoms with E-state index in [1.165, 1.54) is 24.8 Å². The Bertz CT molecular complexity index is 383. The predicted octanol–water partition coefficient (Wildman–Crippen LogP) is 0.984. The fraction of sp³-hybridized carbons (Fsp3) is 0.545. The van der Waals surface area contributed by atoms with Crippen LogP contribution in [-0.4, -0.2) is 17.1 Å². The summed E-state index contributed by atoms with van der Waals surface area (Å²) in [5.74, 6) is 0.627. The standard InChI is InChI=1S/C11H14N2O/c14-10-3-2-8(7-12-10)9-6-11(9)4-1-5-13-11/h2-3,7,9,13H,1,4-6H2,(H,12,14). The van der Waals surface area contributed by atoms with Crippen molar-refractivity contribution in [2.45, 2.75) is 30.7 Å². The second-order valence-electron chi connectivity index (χ2n) is 4.43. The van der Waals surface area contributed by atoms with Crippen molar-refractivity contribution in [3.63, 3.8) is 0 Å². The second kappa shape index (κ2) is 2.70. The average molecular weight is 190 g/mol. The van der Waals surface area contributed by atoms with E-state index in [0.717, 1.165) is 6.54 Å². The second-order valence-corrected chi connectivity index (χ2v) is 4.43. The zero-order valence-electron chi connectivity index (χ0n) is 8.05. The van der Waals surface area contributed by atoms with Crippen molar-refractivity contribution in [1.29, 1.82) is 0 Å². The van der Waals surface area contributed by atoms with Crippen molar-refractivity contribution in [2.75, 3.05) is 6.54 Å². The molecule has 3 heteroatoms. The van der Waals surface area contributed by atoms with E-state index < -0.39 is 0 Å². The van der Waals surface area contributed by atoms with E-state index in [-0.39, 0.29) is 5.56 Å². The van der Waals surface area contributed by atoms with Crippen LogP contribution in [0.15, 0.2) is 23.1 Å². The van der Waals surface area contributed by atoms with E-state index in [2.05, 4.69) is 10.3 Å². The number of aromatic amines is 1. The maximum atomic E-state index is 10.9. The Balaban J connectivity index is 1.85. The van der Waals surface area contributed by atoms with Crippen LogP contribution in [-0.2, 0) is 0 Å². The van der Waals surface area contributed by atoms with Crippen LogP contribution in [0.1, 0.15) is 30.7 Å². The number of hydrogen-bond donors (Lipinski definition) is 2. The topological polar surface area (TPSA) is 44.9 Å². The van der Waals surface area contributed by atoms with Gasteiger partial charge < -0.3 is 10.3 Å². The van der Waals surface area contributed by atoms with Crippen molar-refractivity contribution < 1.29 is 0 Å². The van der Waals surface area contributed by atoms with Crippen LogP contribution in [0.4, 0.5) is 0 Å². The Morgan fingerprint density at radius 2 is 2.36 bits per heavy atom. The molecular weight excluding hydrogens is 176 g/mol. The molecule has 2 aliphatic rings. The summed E-state index contributed by atoms with van der Waals surface area (Å²) in [5.41, 5.74) is 1.65. The van der Waals surface area contributed by atoms with Crippen LogP contribution in [0.5, 0.6) is 0 Å². The molecule has 2 fully saturated rings. The van der Waals surface area contributed by atoms with Crippen LogP contribution in [0, 0.1) is 0 Å². The maximum Gasteiger partial charge on any atom is 0.247 e. The molecule has 3 rings (SSSR count). The lowest BCUT2D eigenvalue weighted by Crippen LogP contribution is -2.25. The first-order valence-corrected chi connectivity index (χ1v) is 5.24. The Hall–Kier alpha value is -1.09. The third-order valence-corrected chi connectivity index (χ3v) is 3.56. The molecule has 2 unspecified atom stereocenters. The highest BCUT2D eigenvalue weighted by molar-refractivity contribution is 5.32. The summed E-state index contributed by atoms with van der Waals surface area (Å²) < 4.78 is 0. The van der Waals surface area contributed by atoms with Gasteiger partial charge in [0.05, 0.1) is 0 Å². The summed E-state index contributed by atoms with van der Waals surface area (Å²) in [6.45, 7) is 1.15. The van der Waals surface area contributed by atoms with E-state index >= 15 is 0 Å². The van der Waals surface area contributed by atoms with Crippen molar-refractivity contribution in [3.05, 3.63) is 34.2 Å². The number of aromatic nitrogens is 1. The summed E-state index contributed by atoms with van der Waals surface area (Å²) in [6.07, 6.45) is 5.68. The molecule has 2 N–H and O–H groups in total. The summed E-state index contributed by atoms with van der Waals surface area (Å²) in [4.78, 5) is 13.7.